The SMILES string of the molecule is CCCCC1=[C-]CC([Si](C)(C)C)=C1.CCCCC1=[C-]CC([Si](C)(C)C)=C1.Cl.Cl.[CH3-].[CH3-].[SiH2]=[Ti]. The van der Waals surface area contributed by atoms with Gasteiger partial charge in [0.05, 0.1) is 16.1 Å². The molecule has 0 bridgehead atoms. The van der Waals surface area contributed by atoms with E-state index in [4.69, 9.17) is 0 Å². The maximum absolute atomic E-state index is 3.51. The van der Waals surface area contributed by atoms with Gasteiger partial charge in [0.25, 0.3) is 0 Å². The second-order valence-corrected chi connectivity index (χ2v) is 20.1. The van der Waals surface area contributed by atoms with E-state index in [1.807, 2.05) is 26.8 Å². The minimum atomic E-state index is -1.03. The molecule has 6 heteroatoms. The molecule has 0 nitrogen and oxygen atoms in total. The van der Waals surface area contributed by atoms with Crippen molar-refractivity contribution in [2.75, 3.05) is 0 Å². The zero-order chi connectivity index (χ0) is 21.8. The molecule has 2 rings (SSSR count). The number of hydrogen-bond acceptors (Lipinski definition) is 0. The molecule has 0 spiro atoms. The third kappa shape index (κ3) is 18.3. The zero-order valence-electron chi connectivity index (χ0n) is 22.8. The molecule has 2 aliphatic carbocycles. The molecule has 0 unspecified atom stereocenters. The van der Waals surface area contributed by atoms with E-state index < -0.39 is 16.1 Å². The van der Waals surface area contributed by atoms with Crippen LogP contribution in [0.2, 0.25) is 39.3 Å². The van der Waals surface area contributed by atoms with Gasteiger partial charge in [-0.25, -0.2) is 23.3 Å². The monoisotopic (exact) mass is 566 g/mol. The first-order valence-electron chi connectivity index (χ1n) is 11.0. The molecular formula is C26H52Cl2Si3Ti-4. The van der Waals surface area contributed by atoms with E-state index in [1.165, 1.54) is 49.7 Å². The summed E-state index contributed by atoms with van der Waals surface area (Å²) in [5.74, 6) is 0. The van der Waals surface area contributed by atoms with Crippen LogP contribution in [0.1, 0.15) is 65.2 Å². The normalized spacial score (nSPS) is 14.1. The minimum absolute atomic E-state index is 0. The number of hydrogen-bond donors (Lipinski definition) is 0. The Morgan fingerprint density at radius 3 is 1.19 bits per heavy atom. The number of rotatable bonds is 8. The van der Waals surface area contributed by atoms with Crippen molar-refractivity contribution in [3.63, 3.8) is 0 Å². The summed E-state index contributed by atoms with van der Waals surface area (Å²) in [7, 11) is -0.194. The van der Waals surface area contributed by atoms with E-state index in [0.29, 0.717) is 0 Å². The average Bonchev–Trinajstić information content (AvgIpc) is 3.29. The van der Waals surface area contributed by atoms with Gasteiger partial charge in [-0.15, -0.1) is 37.7 Å². The van der Waals surface area contributed by atoms with Gasteiger partial charge in [0, 0.05) is 0 Å². The van der Waals surface area contributed by atoms with Crippen LogP contribution in [0.25, 0.3) is 0 Å². The van der Waals surface area contributed by atoms with Crippen molar-refractivity contribution in [2.45, 2.75) is 104 Å². The van der Waals surface area contributed by atoms with Gasteiger partial charge in [0.15, 0.2) is 0 Å². The molecule has 0 aromatic heterocycles. The van der Waals surface area contributed by atoms with Crippen molar-refractivity contribution >= 4 is 48.6 Å². The van der Waals surface area contributed by atoms with Crippen molar-refractivity contribution in [1.82, 2.24) is 0 Å². The van der Waals surface area contributed by atoms with Gasteiger partial charge in [-0.3, -0.25) is 12.2 Å². The van der Waals surface area contributed by atoms with Gasteiger partial charge < -0.3 is 14.9 Å². The molecule has 0 atom stereocenters. The molecule has 0 aliphatic heterocycles. The Hall–Kier alpha value is 0.905. The third-order valence-corrected chi connectivity index (χ3v) is 9.73. The summed E-state index contributed by atoms with van der Waals surface area (Å²) in [6.07, 6.45) is 21.8. The molecule has 0 saturated heterocycles. The molecule has 2 aliphatic rings. The quantitative estimate of drug-likeness (QED) is 0.203. The van der Waals surface area contributed by atoms with Gasteiger partial charge >= 0.3 is 26.8 Å². The Bertz CT molecular complexity index is 543. The first-order chi connectivity index (χ1) is 13.1. The van der Waals surface area contributed by atoms with Crippen LogP contribution >= 0.6 is 24.8 Å². The molecule has 0 aromatic carbocycles. The summed E-state index contributed by atoms with van der Waals surface area (Å²) in [5.41, 5.74) is 2.94. The van der Waals surface area contributed by atoms with Crippen LogP contribution in [0.15, 0.2) is 33.7 Å². The zero-order valence-corrected chi connectivity index (χ0v) is 29.4. The molecule has 0 heterocycles. The summed E-state index contributed by atoms with van der Waals surface area (Å²) in [5, 5.41) is 3.36. The van der Waals surface area contributed by atoms with Crippen molar-refractivity contribution in [3.05, 3.63) is 60.7 Å². The van der Waals surface area contributed by atoms with Crippen molar-refractivity contribution < 1.29 is 19.2 Å². The van der Waals surface area contributed by atoms with Crippen LogP contribution in [0, 0.1) is 27.0 Å². The van der Waals surface area contributed by atoms with Gasteiger partial charge in [-0.2, -0.15) is 10.4 Å². The van der Waals surface area contributed by atoms with E-state index in [2.05, 4.69) is 77.4 Å². The Balaban J connectivity index is -0.000000126. The molecule has 190 valence electrons. The average molecular weight is 568 g/mol. The summed E-state index contributed by atoms with van der Waals surface area (Å²) >= 11 is 2.03. The fourth-order valence-electron chi connectivity index (χ4n) is 3.06. The Kier molecular flexibility index (Phi) is 30.1. The molecular weight excluding hydrogens is 515 g/mol. The number of halogens is 2. The predicted octanol–water partition coefficient (Wildman–Crippen LogP) is 9.05. The molecule has 0 N–H and O–H groups in total. The van der Waals surface area contributed by atoms with E-state index in [0.717, 1.165) is 12.8 Å². The number of allylic oxidation sites excluding steroid dienone is 8. The molecule has 0 saturated carbocycles. The molecule has 32 heavy (non-hydrogen) atoms. The topological polar surface area (TPSA) is 0 Å². The van der Waals surface area contributed by atoms with E-state index in [-0.39, 0.29) is 39.7 Å². The van der Waals surface area contributed by atoms with Crippen LogP contribution in [0.4, 0.5) is 0 Å². The predicted molar refractivity (Wildman–Crippen MR) is 161 cm³/mol. The van der Waals surface area contributed by atoms with Gasteiger partial charge in [-0.1, -0.05) is 91.7 Å². The van der Waals surface area contributed by atoms with E-state index >= 15 is 0 Å². The maximum atomic E-state index is 3.51. The third-order valence-electron chi connectivity index (χ3n) is 5.23. The summed E-state index contributed by atoms with van der Waals surface area (Å²) in [4.78, 5) is 0. The van der Waals surface area contributed by atoms with Crippen molar-refractivity contribution in [1.29, 1.82) is 0 Å². The van der Waals surface area contributed by atoms with Gasteiger partial charge in [0.1, 0.15) is 0 Å². The van der Waals surface area contributed by atoms with Crippen molar-refractivity contribution in [2.24, 2.45) is 0 Å². The van der Waals surface area contributed by atoms with E-state index in [1.54, 1.807) is 10.4 Å². The first kappa shape index (κ1) is 43.0. The summed E-state index contributed by atoms with van der Waals surface area (Å²) in [6.45, 7) is 19.0. The molecule has 0 aromatic rings. The summed E-state index contributed by atoms with van der Waals surface area (Å²) < 4.78 is 0. The standard InChI is InChI=1S/2C12H21Si.2CH3.2ClH.H2Si.Ti/c2*1-5-6-7-11-8-9-12(10-11)13(2,3)4;;;;;;/h2*10H,5-7,9H2,1-4H3;2*1H3;2*1H;1H2;/q4*-1;;;;. The fourth-order valence-corrected chi connectivity index (χ4v) is 5.51. The van der Waals surface area contributed by atoms with Gasteiger partial charge in [0.2, 0.25) is 0 Å². The molecule has 0 amide bonds. The summed E-state index contributed by atoms with van der Waals surface area (Å²) in [6, 6.07) is 0. The molecule has 0 fully saturated rings. The fraction of sp³-hybridized carbons (Fsp3) is 0.615. The number of unbranched alkanes of at least 4 members (excludes halogenated alkanes) is 2. The Morgan fingerprint density at radius 1 is 0.719 bits per heavy atom. The van der Waals surface area contributed by atoms with Gasteiger partial charge in [-0.05, 0) is 0 Å². The van der Waals surface area contributed by atoms with Crippen LogP contribution < -0.4 is 0 Å². The van der Waals surface area contributed by atoms with Crippen LogP contribution in [0.5, 0.6) is 0 Å². The Labute approximate surface area is 231 Å². The van der Waals surface area contributed by atoms with Crippen molar-refractivity contribution in [3.8, 4) is 0 Å². The van der Waals surface area contributed by atoms with Crippen LogP contribution in [0.3, 0.4) is 0 Å². The molecule has 0 radical (unpaired) electrons. The second-order valence-electron chi connectivity index (χ2n) is 9.80. The van der Waals surface area contributed by atoms with Crippen LogP contribution in [-0.4, -0.2) is 23.8 Å². The Morgan fingerprint density at radius 2 is 1.00 bits per heavy atom. The second kappa shape index (κ2) is 22.4. The van der Waals surface area contributed by atoms with Crippen LogP contribution in [-0.2, 0) is 19.2 Å². The van der Waals surface area contributed by atoms with E-state index in [9.17, 15) is 0 Å². The first-order valence-corrected chi connectivity index (χ1v) is 22.1.